The Morgan fingerprint density at radius 2 is 2.17 bits per heavy atom. The van der Waals surface area contributed by atoms with Gasteiger partial charge in [-0.3, -0.25) is 4.79 Å². The number of aryl methyl sites for hydroxylation is 1. The predicted octanol–water partition coefficient (Wildman–Crippen LogP) is 1.54. The van der Waals surface area contributed by atoms with E-state index in [-0.39, 0.29) is 11.6 Å². The minimum Gasteiger partial charge on any atom is -0.381 e. The molecule has 96 valence electrons. The maximum absolute atomic E-state index is 11.9. The lowest BCUT2D eigenvalue weighted by atomic mass is 10.1. The Hall–Kier alpha value is -1.21. The van der Waals surface area contributed by atoms with Gasteiger partial charge in [0.15, 0.2) is 5.65 Å². The van der Waals surface area contributed by atoms with Crippen LogP contribution in [0.1, 0.15) is 24.7 Å². The summed E-state index contributed by atoms with van der Waals surface area (Å²) in [5.74, 6) is 0.605. The van der Waals surface area contributed by atoms with Crippen LogP contribution in [0.2, 0.25) is 0 Å². The molecule has 0 amide bonds. The second-order valence-electron chi connectivity index (χ2n) is 4.43. The number of fused-ring (bicyclic) bond motifs is 1. The van der Waals surface area contributed by atoms with Gasteiger partial charge in [0.2, 0.25) is 0 Å². The molecule has 6 nitrogen and oxygen atoms in total. The first-order valence-electron chi connectivity index (χ1n) is 5.89. The van der Waals surface area contributed by atoms with Gasteiger partial charge in [0, 0.05) is 13.2 Å². The van der Waals surface area contributed by atoms with Gasteiger partial charge in [0.25, 0.3) is 5.56 Å². The van der Waals surface area contributed by atoms with Crippen molar-refractivity contribution < 1.29 is 4.74 Å². The second kappa shape index (κ2) is 4.47. The van der Waals surface area contributed by atoms with Crippen molar-refractivity contribution in [3.63, 3.8) is 0 Å². The Morgan fingerprint density at radius 1 is 1.44 bits per heavy atom. The fourth-order valence-corrected chi connectivity index (χ4v) is 2.83. The number of aromatic amines is 1. The number of aromatic nitrogens is 4. The van der Waals surface area contributed by atoms with Gasteiger partial charge in [-0.1, -0.05) is 0 Å². The topological polar surface area (TPSA) is 72.8 Å². The molecule has 0 aliphatic carbocycles. The van der Waals surface area contributed by atoms with Crippen molar-refractivity contribution in [3.05, 3.63) is 20.8 Å². The first kappa shape index (κ1) is 11.9. The highest BCUT2D eigenvalue weighted by Gasteiger charge is 2.22. The molecule has 0 aromatic carbocycles. The van der Waals surface area contributed by atoms with Crippen LogP contribution in [0.3, 0.4) is 0 Å². The van der Waals surface area contributed by atoms with E-state index in [1.807, 2.05) is 4.68 Å². The average molecular weight is 313 g/mol. The fourth-order valence-electron chi connectivity index (χ4n) is 2.30. The highest BCUT2D eigenvalue weighted by Crippen LogP contribution is 2.26. The number of rotatable bonds is 1. The number of ether oxygens (including phenoxy) is 1. The number of nitrogens with zero attached hydrogens (tertiary/aromatic N) is 3. The van der Waals surface area contributed by atoms with Crippen LogP contribution in [0.4, 0.5) is 0 Å². The lowest BCUT2D eigenvalue weighted by molar-refractivity contribution is 0.0672. The van der Waals surface area contributed by atoms with Crippen molar-refractivity contribution >= 4 is 27.0 Å². The molecule has 0 spiro atoms. The van der Waals surface area contributed by atoms with Crippen molar-refractivity contribution in [2.45, 2.75) is 25.8 Å². The van der Waals surface area contributed by atoms with Crippen LogP contribution in [0.5, 0.6) is 0 Å². The molecule has 0 bridgehead atoms. The third-order valence-electron chi connectivity index (χ3n) is 3.17. The molecule has 3 heterocycles. The quantitative estimate of drug-likeness (QED) is 0.867. The Kier molecular flexibility index (Phi) is 2.95. The van der Waals surface area contributed by atoms with Crippen molar-refractivity contribution in [2.75, 3.05) is 13.2 Å². The van der Waals surface area contributed by atoms with Crippen LogP contribution in [0.25, 0.3) is 11.0 Å². The summed E-state index contributed by atoms with van der Waals surface area (Å²) in [6.07, 6.45) is 1.80. The van der Waals surface area contributed by atoms with E-state index < -0.39 is 0 Å². The molecule has 18 heavy (non-hydrogen) atoms. The summed E-state index contributed by atoms with van der Waals surface area (Å²) in [5, 5.41) is 4.93. The predicted molar refractivity (Wildman–Crippen MR) is 69.7 cm³/mol. The van der Waals surface area contributed by atoms with Crippen LogP contribution < -0.4 is 5.56 Å². The normalized spacial score (nSPS) is 17.4. The molecule has 0 unspecified atom stereocenters. The lowest BCUT2D eigenvalue weighted by Gasteiger charge is -2.22. The van der Waals surface area contributed by atoms with Gasteiger partial charge in [0.05, 0.1) is 6.04 Å². The zero-order chi connectivity index (χ0) is 12.7. The SMILES string of the molecule is Cc1nc2c(c(Br)nn2C2CCOCC2)c(=O)[nH]1. The molecule has 2 aromatic rings. The zero-order valence-electron chi connectivity index (χ0n) is 9.94. The molecule has 2 aromatic heterocycles. The molecular weight excluding hydrogens is 300 g/mol. The first-order chi connectivity index (χ1) is 8.66. The molecule has 1 aliphatic rings. The highest BCUT2D eigenvalue weighted by atomic mass is 79.9. The molecule has 3 rings (SSSR count). The van der Waals surface area contributed by atoms with Crippen molar-refractivity contribution in [3.8, 4) is 0 Å². The highest BCUT2D eigenvalue weighted by molar-refractivity contribution is 9.10. The largest absolute Gasteiger partial charge is 0.381 e. The average Bonchev–Trinajstić information content (AvgIpc) is 2.67. The van der Waals surface area contributed by atoms with Crippen LogP contribution >= 0.6 is 15.9 Å². The van der Waals surface area contributed by atoms with E-state index in [1.54, 1.807) is 6.92 Å². The maximum atomic E-state index is 11.9. The number of nitrogens with one attached hydrogen (secondary N) is 1. The van der Waals surface area contributed by atoms with Gasteiger partial charge in [-0.2, -0.15) is 5.10 Å². The van der Waals surface area contributed by atoms with E-state index in [9.17, 15) is 4.79 Å². The van der Waals surface area contributed by atoms with E-state index in [2.05, 4.69) is 31.0 Å². The van der Waals surface area contributed by atoms with Crippen molar-refractivity contribution in [2.24, 2.45) is 0 Å². The van der Waals surface area contributed by atoms with Gasteiger partial charge in [-0.15, -0.1) is 0 Å². The third kappa shape index (κ3) is 1.87. The molecule has 0 radical (unpaired) electrons. The fraction of sp³-hybridized carbons (Fsp3) is 0.545. The summed E-state index contributed by atoms with van der Waals surface area (Å²) in [6, 6.07) is 0.251. The molecule has 0 atom stereocenters. The summed E-state index contributed by atoms with van der Waals surface area (Å²) in [7, 11) is 0. The molecule has 0 saturated carbocycles. The number of halogens is 1. The standard InChI is InChI=1S/C11H13BrN4O2/c1-6-13-10-8(11(17)14-6)9(12)15-16(10)7-2-4-18-5-3-7/h7H,2-5H2,1H3,(H,13,14,17). The van der Waals surface area contributed by atoms with Crippen molar-refractivity contribution in [1.29, 1.82) is 0 Å². The Morgan fingerprint density at radius 3 is 2.89 bits per heavy atom. The third-order valence-corrected chi connectivity index (χ3v) is 3.73. The molecule has 1 fully saturated rings. The van der Waals surface area contributed by atoms with E-state index in [0.29, 0.717) is 21.5 Å². The Bertz CT molecular complexity index is 642. The molecular formula is C11H13BrN4O2. The van der Waals surface area contributed by atoms with Gasteiger partial charge in [-0.25, -0.2) is 9.67 Å². The summed E-state index contributed by atoms with van der Waals surface area (Å²) < 4.78 is 7.75. The van der Waals surface area contributed by atoms with Gasteiger partial charge >= 0.3 is 0 Å². The van der Waals surface area contributed by atoms with Gasteiger partial charge < -0.3 is 9.72 Å². The van der Waals surface area contributed by atoms with Gasteiger partial charge in [-0.05, 0) is 35.7 Å². The molecule has 7 heteroatoms. The minimum absolute atomic E-state index is 0.150. The summed E-state index contributed by atoms with van der Waals surface area (Å²) in [5.41, 5.74) is 0.498. The molecule has 1 aliphatic heterocycles. The summed E-state index contributed by atoms with van der Waals surface area (Å²) in [6.45, 7) is 3.23. The Balaban J connectivity index is 2.20. The smallest absolute Gasteiger partial charge is 0.263 e. The van der Waals surface area contributed by atoms with E-state index in [1.165, 1.54) is 0 Å². The number of hydrogen-bond donors (Lipinski definition) is 1. The number of hydrogen-bond acceptors (Lipinski definition) is 4. The second-order valence-corrected chi connectivity index (χ2v) is 5.18. The monoisotopic (exact) mass is 312 g/mol. The van der Waals surface area contributed by atoms with Crippen LogP contribution in [-0.2, 0) is 4.74 Å². The Labute approximate surface area is 111 Å². The van der Waals surface area contributed by atoms with E-state index in [0.717, 1.165) is 26.1 Å². The summed E-state index contributed by atoms with van der Waals surface area (Å²) >= 11 is 3.34. The molecule has 1 N–H and O–H groups in total. The minimum atomic E-state index is -0.150. The number of H-pyrrole nitrogens is 1. The van der Waals surface area contributed by atoms with E-state index in [4.69, 9.17) is 4.74 Å². The van der Waals surface area contributed by atoms with Crippen LogP contribution in [0, 0.1) is 6.92 Å². The first-order valence-corrected chi connectivity index (χ1v) is 6.68. The summed E-state index contributed by atoms with van der Waals surface area (Å²) in [4.78, 5) is 19.0. The van der Waals surface area contributed by atoms with E-state index >= 15 is 0 Å². The maximum Gasteiger partial charge on any atom is 0.263 e. The lowest BCUT2D eigenvalue weighted by Crippen LogP contribution is -2.21. The molecule has 1 saturated heterocycles. The zero-order valence-corrected chi connectivity index (χ0v) is 11.5. The van der Waals surface area contributed by atoms with Gasteiger partial charge in [0.1, 0.15) is 15.8 Å². The van der Waals surface area contributed by atoms with Crippen LogP contribution in [0.15, 0.2) is 9.40 Å². The van der Waals surface area contributed by atoms with Crippen molar-refractivity contribution in [1.82, 2.24) is 19.7 Å². The van der Waals surface area contributed by atoms with Crippen LogP contribution in [-0.4, -0.2) is 33.0 Å².